The average molecular weight is 274 g/mol. The molecule has 0 atom stereocenters. The van der Waals surface area contributed by atoms with Gasteiger partial charge < -0.3 is 14.0 Å². The molecule has 0 saturated heterocycles. The van der Waals surface area contributed by atoms with Gasteiger partial charge in [0.2, 0.25) is 0 Å². The summed E-state index contributed by atoms with van der Waals surface area (Å²) in [5.74, 6) is 1.94. The fourth-order valence-electron chi connectivity index (χ4n) is 2.11. The lowest BCUT2D eigenvalue weighted by Crippen LogP contribution is -2.08. The van der Waals surface area contributed by atoms with E-state index in [1.165, 1.54) is 0 Å². The summed E-state index contributed by atoms with van der Waals surface area (Å²) in [6, 6.07) is 5.32. The molecule has 0 spiro atoms. The van der Waals surface area contributed by atoms with E-state index in [9.17, 15) is 4.79 Å². The molecule has 0 saturated carbocycles. The Morgan fingerprint density at radius 1 is 1.25 bits per heavy atom. The highest BCUT2D eigenvalue weighted by Crippen LogP contribution is 2.29. The number of benzene rings is 1. The van der Waals surface area contributed by atoms with Gasteiger partial charge in [0.1, 0.15) is 22.9 Å². The predicted molar refractivity (Wildman–Crippen MR) is 75.4 cm³/mol. The molecule has 5 heteroatoms. The van der Waals surface area contributed by atoms with Gasteiger partial charge in [-0.3, -0.25) is 4.79 Å². The average Bonchev–Trinajstić information content (AvgIpc) is 2.89. The Labute approximate surface area is 118 Å². The van der Waals surface area contributed by atoms with Crippen LogP contribution in [-0.4, -0.2) is 29.6 Å². The van der Waals surface area contributed by atoms with Crippen LogP contribution in [0.4, 0.5) is 0 Å². The summed E-state index contributed by atoms with van der Waals surface area (Å²) in [5.41, 5.74) is 0.492. The van der Waals surface area contributed by atoms with Crippen molar-refractivity contribution in [1.82, 2.24) is 9.55 Å². The van der Waals surface area contributed by atoms with Crippen molar-refractivity contribution in [2.75, 3.05) is 14.2 Å². The number of methoxy groups -OCH3 is 2. The Balaban J connectivity index is 2.18. The molecule has 0 bridgehead atoms. The van der Waals surface area contributed by atoms with Gasteiger partial charge in [-0.1, -0.05) is 6.07 Å². The molecule has 0 amide bonds. The highest BCUT2D eigenvalue weighted by atomic mass is 16.5. The van der Waals surface area contributed by atoms with Crippen molar-refractivity contribution >= 4 is 5.78 Å². The second-order valence-electron chi connectivity index (χ2n) is 4.42. The number of Topliss-reactive ketones (excluding diaryl/α,β-unsaturated/α-hetero) is 1. The first kappa shape index (κ1) is 14.1. The largest absolute Gasteiger partial charge is 0.496 e. The lowest BCUT2D eigenvalue weighted by atomic mass is 10.0. The predicted octanol–water partition coefficient (Wildman–Crippen LogP) is 2.25. The van der Waals surface area contributed by atoms with Crippen molar-refractivity contribution in [3.05, 3.63) is 42.0 Å². The second kappa shape index (κ2) is 6.23. The topological polar surface area (TPSA) is 53.4 Å². The molecule has 0 radical (unpaired) electrons. The number of hydrogen-bond acceptors (Lipinski definition) is 4. The van der Waals surface area contributed by atoms with E-state index >= 15 is 0 Å². The maximum atomic E-state index is 12.4. The molecule has 0 aliphatic carbocycles. The van der Waals surface area contributed by atoms with Crippen molar-refractivity contribution in [2.24, 2.45) is 7.05 Å². The first-order chi connectivity index (χ1) is 9.67. The van der Waals surface area contributed by atoms with Gasteiger partial charge in [0.25, 0.3) is 0 Å². The van der Waals surface area contributed by atoms with Crippen LogP contribution in [0.25, 0.3) is 0 Å². The van der Waals surface area contributed by atoms with E-state index in [1.807, 2.05) is 17.8 Å². The van der Waals surface area contributed by atoms with E-state index in [0.29, 0.717) is 29.9 Å². The van der Waals surface area contributed by atoms with Gasteiger partial charge in [-0.2, -0.15) is 0 Å². The fraction of sp³-hybridized carbons (Fsp3) is 0.333. The Kier molecular flexibility index (Phi) is 4.40. The van der Waals surface area contributed by atoms with Gasteiger partial charge in [0, 0.05) is 32.3 Å². The molecule has 0 N–H and O–H groups in total. The maximum absolute atomic E-state index is 12.4. The number of aryl methyl sites for hydroxylation is 2. The minimum atomic E-state index is -0.0118. The van der Waals surface area contributed by atoms with E-state index in [-0.39, 0.29) is 5.78 Å². The van der Waals surface area contributed by atoms with Crippen LogP contribution in [0, 0.1) is 0 Å². The molecule has 0 aliphatic heterocycles. The van der Waals surface area contributed by atoms with Crippen LogP contribution in [0.3, 0.4) is 0 Å². The Bertz CT molecular complexity index is 583. The summed E-state index contributed by atoms with van der Waals surface area (Å²) in [6.07, 6.45) is 4.54. The Morgan fingerprint density at radius 2 is 1.90 bits per heavy atom. The van der Waals surface area contributed by atoms with Crippen LogP contribution >= 0.6 is 0 Å². The summed E-state index contributed by atoms with van der Waals surface area (Å²) < 4.78 is 12.4. The van der Waals surface area contributed by atoms with Gasteiger partial charge in [0.15, 0.2) is 5.78 Å². The van der Waals surface area contributed by atoms with E-state index in [2.05, 4.69) is 4.98 Å². The number of hydrogen-bond donors (Lipinski definition) is 0. The van der Waals surface area contributed by atoms with Gasteiger partial charge in [-0.05, 0) is 12.1 Å². The Morgan fingerprint density at radius 3 is 2.40 bits per heavy atom. The quantitative estimate of drug-likeness (QED) is 0.758. The summed E-state index contributed by atoms with van der Waals surface area (Å²) in [7, 11) is 5.01. The van der Waals surface area contributed by atoms with E-state index in [1.54, 1.807) is 38.6 Å². The van der Waals surface area contributed by atoms with Crippen LogP contribution in [0.2, 0.25) is 0 Å². The molecule has 0 fully saturated rings. The molecule has 0 aliphatic rings. The number of rotatable bonds is 6. The zero-order valence-electron chi connectivity index (χ0n) is 11.9. The monoisotopic (exact) mass is 274 g/mol. The molecule has 1 heterocycles. The number of ketones is 1. The standard InChI is InChI=1S/C15H18N2O3/c1-17-10-9-16-14(17)8-7-11(18)15-12(19-2)5-4-6-13(15)20-3/h4-6,9-10H,7-8H2,1-3H3. The normalized spacial score (nSPS) is 10.3. The Hall–Kier alpha value is -2.30. The third-order valence-corrected chi connectivity index (χ3v) is 3.20. The zero-order valence-corrected chi connectivity index (χ0v) is 11.9. The molecule has 0 unspecified atom stereocenters. The molecule has 106 valence electrons. The third-order valence-electron chi connectivity index (χ3n) is 3.20. The number of aromatic nitrogens is 2. The molecule has 5 nitrogen and oxygen atoms in total. The van der Waals surface area contributed by atoms with Crippen LogP contribution in [0.15, 0.2) is 30.6 Å². The van der Waals surface area contributed by atoms with Crippen molar-refractivity contribution in [2.45, 2.75) is 12.8 Å². The molecular formula is C15H18N2O3. The van der Waals surface area contributed by atoms with Gasteiger partial charge in [0.05, 0.1) is 14.2 Å². The van der Waals surface area contributed by atoms with Crippen molar-refractivity contribution < 1.29 is 14.3 Å². The molecule has 1 aromatic heterocycles. The fourth-order valence-corrected chi connectivity index (χ4v) is 2.11. The zero-order chi connectivity index (χ0) is 14.5. The number of carbonyl (C=O) groups excluding carboxylic acids is 1. The highest BCUT2D eigenvalue weighted by molar-refractivity contribution is 6.01. The van der Waals surface area contributed by atoms with Crippen LogP contribution in [0.1, 0.15) is 22.6 Å². The van der Waals surface area contributed by atoms with Crippen molar-refractivity contribution in [3.63, 3.8) is 0 Å². The second-order valence-corrected chi connectivity index (χ2v) is 4.42. The van der Waals surface area contributed by atoms with E-state index in [4.69, 9.17) is 9.47 Å². The van der Waals surface area contributed by atoms with E-state index in [0.717, 1.165) is 5.82 Å². The van der Waals surface area contributed by atoms with Crippen LogP contribution in [-0.2, 0) is 13.5 Å². The van der Waals surface area contributed by atoms with Gasteiger partial charge in [-0.15, -0.1) is 0 Å². The third kappa shape index (κ3) is 2.82. The molecule has 2 aromatic rings. The first-order valence-electron chi connectivity index (χ1n) is 6.37. The summed E-state index contributed by atoms with van der Waals surface area (Å²) in [6.45, 7) is 0. The SMILES string of the molecule is COc1cccc(OC)c1C(=O)CCc1nccn1C. The molecular weight excluding hydrogens is 256 g/mol. The highest BCUT2D eigenvalue weighted by Gasteiger charge is 2.18. The summed E-state index contributed by atoms with van der Waals surface area (Å²) in [5, 5.41) is 0. The van der Waals surface area contributed by atoms with E-state index < -0.39 is 0 Å². The molecule has 1 aromatic carbocycles. The maximum Gasteiger partial charge on any atom is 0.170 e. The van der Waals surface area contributed by atoms with Gasteiger partial charge >= 0.3 is 0 Å². The van der Waals surface area contributed by atoms with Crippen LogP contribution < -0.4 is 9.47 Å². The minimum absolute atomic E-state index is 0.0118. The lowest BCUT2D eigenvalue weighted by molar-refractivity contribution is 0.0976. The lowest BCUT2D eigenvalue weighted by Gasteiger charge is -2.11. The number of carbonyl (C=O) groups is 1. The molecule has 2 rings (SSSR count). The van der Waals surface area contributed by atoms with Crippen molar-refractivity contribution in [3.8, 4) is 11.5 Å². The number of nitrogens with zero attached hydrogens (tertiary/aromatic N) is 2. The minimum Gasteiger partial charge on any atom is -0.496 e. The number of imidazole rings is 1. The summed E-state index contributed by atoms with van der Waals surface area (Å²) in [4.78, 5) is 16.6. The number of ether oxygens (including phenoxy) is 2. The van der Waals surface area contributed by atoms with Crippen LogP contribution in [0.5, 0.6) is 11.5 Å². The molecule has 20 heavy (non-hydrogen) atoms. The smallest absolute Gasteiger partial charge is 0.170 e. The van der Waals surface area contributed by atoms with Gasteiger partial charge in [-0.25, -0.2) is 4.98 Å². The summed E-state index contributed by atoms with van der Waals surface area (Å²) >= 11 is 0. The van der Waals surface area contributed by atoms with Crippen molar-refractivity contribution in [1.29, 1.82) is 0 Å². The first-order valence-corrected chi connectivity index (χ1v) is 6.37.